The Kier molecular flexibility index (Phi) is 2.06. The summed E-state index contributed by atoms with van der Waals surface area (Å²) in [5.74, 6) is -0.835. The zero-order chi connectivity index (χ0) is 7.56. The number of rotatable bonds is 3. The molecule has 1 N–H and O–H groups in total. The fourth-order valence-corrected chi connectivity index (χ4v) is 0.760. The first-order valence-electron chi connectivity index (χ1n) is 3.24. The van der Waals surface area contributed by atoms with Gasteiger partial charge in [0.05, 0.1) is 12.7 Å². The van der Waals surface area contributed by atoms with Crippen molar-refractivity contribution >= 4 is 5.97 Å². The lowest BCUT2D eigenvalue weighted by Crippen LogP contribution is -2.02. The lowest BCUT2D eigenvalue weighted by atomic mass is 10.1. The van der Waals surface area contributed by atoms with E-state index in [-0.39, 0.29) is 6.10 Å². The van der Waals surface area contributed by atoms with Crippen molar-refractivity contribution < 1.29 is 14.6 Å². The molecule has 1 rings (SSSR count). The van der Waals surface area contributed by atoms with Crippen LogP contribution in [-0.4, -0.2) is 23.8 Å². The zero-order valence-electron chi connectivity index (χ0n) is 5.83. The van der Waals surface area contributed by atoms with E-state index in [9.17, 15) is 4.79 Å². The summed E-state index contributed by atoms with van der Waals surface area (Å²) in [6.45, 7) is 2.44. The van der Waals surface area contributed by atoms with Crippen LogP contribution in [0.3, 0.4) is 0 Å². The molecular formula is C7H10O3. The molecule has 1 unspecified atom stereocenters. The molecule has 0 aromatic rings. The summed E-state index contributed by atoms with van der Waals surface area (Å²) in [7, 11) is 0. The molecule has 1 aliphatic rings. The smallest absolute Gasteiger partial charge is 0.331 e. The van der Waals surface area contributed by atoms with E-state index in [4.69, 9.17) is 9.84 Å². The van der Waals surface area contributed by atoms with E-state index in [1.807, 2.05) is 0 Å². The van der Waals surface area contributed by atoms with Gasteiger partial charge in [0, 0.05) is 12.0 Å². The maximum Gasteiger partial charge on any atom is 0.331 e. The van der Waals surface area contributed by atoms with Gasteiger partial charge in [0.25, 0.3) is 0 Å². The summed E-state index contributed by atoms with van der Waals surface area (Å²) >= 11 is 0. The lowest BCUT2D eigenvalue weighted by Gasteiger charge is -1.95. The van der Waals surface area contributed by atoms with Crippen molar-refractivity contribution in [2.45, 2.75) is 19.4 Å². The minimum atomic E-state index is -0.835. The highest BCUT2D eigenvalue weighted by molar-refractivity contribution is 5.86. The van der Waals surface area contributed by atoms with Crippen molar-refractivity contribution in [2.75, 3.05) is 6.61 Å². The predicted molar refractivity (Wildman–Crippen MR) is 35.7 cm³/mol. The monoisotopic (exact) mass is 142 g/mol. The van der Waals surface area contributed by atoms with Crippen molar-refractivity contribution in [3.63, 3.8) is 0 Å². The molecule has 1 saturated heterocycles. The van der Waals surface area contributed by atoms with E-state index >= 15 is 0 Å². The van der Waals surface area contributed by atoms with Crippen LogP contribution in [0.15, 0.2) is 11.6 Å². The number of carbonyl (C=O) groups is 1. The molecule has 10 heavy (non-hydrogen) atoms. The second-order valence-electron chi connectivity index (χ2n) is 2.28. The van der Waals surface area contributed by atoms with Crippen LogP contribution in [0.4, 0.5) is 0 Å². The summed E-state index contributed by atoms with van der Waals surface area (Å²) in [6.07, 6.45) is 2.33. The van der Waals surface area contributed by atoms with Gasteiger partial charge in [-0.2, -0.15) is 0 Å². The van der Waals surface area contributed by atoms with Gasteiger partial charge >= 0.3 is 5.97 Å². The van der Waals surface area contributed by atoms with E-state index in [2.05, 4.69) is 0 Å². The molecule has 1 fully saturated rings. The van der Waals surface area contributed by atoms with E-state index in [1.165, 1.54) is 0 Å². The summed E-state index contributed by atoms with van der Waals surface area (Å²) in [5, 5.41) is 8.53. The highest BCUT2D eigenvalue weighted by atomic mass is 16.6. The SMILES string of the molecule is C/C=C(\CC1CO1)C(=O)O. The molecule has 1 heterocycles. The Labute approximate surface area is 59.3 Å². The normalized spacial score (nSPS) is 24.5. The van der Waals surface area contributed by atoms with E-state index in [0.29, 0.717) is 18.6 Å². The van der Waals surface area contributed by atoms with E-state index in [0.717, 1.165) is 0 Å². The van der Waals surface area contributed by atoms with Crippen LogP contribution in [-0.2, 0) is 9.53 Å². The summed E-state index contributed by atoms with van der Waals surface area (Å²) in [5.41, 5.74) is 0.447. The first-order chi connectivity index (χ1) is 4.74. The van der Waals surface area contributed by atoms with Crippen LogP contribution in [0.5, 0.6) is 0 Å². The molecule has 0 bridgehead atoms. The van der Waals surface area contributed by atoms with Gasteiger partial charge in [-0.25, -0.2) is 4.79 Å². The van der Waals surface area contributed by atoms with Crippen molar-refractivity contribution in [3.8, 4) is 0 Å². The number of aliphatic carboxylic acids is 1. The largest absolute Gasteiger partial charge is 0.478 e. The average molecular weight is 142 g/mol. The lowest BCUT2D eigenvalue weighted by molar-refractivity contribution is -0.132. The number of epoxide rings is 1. The van der Waals surface area contributed by atoms with Gasteiger partial charge in [-0.1, -0.05) is 6.08 Å². The van der Waals surface area contributed by atoms with Crippen LogP contribution in [0, 0.1) is 0 Å². The van der Waals surface area contributed by atoms with Gasteiger partial charge in [-0.15, -0.1) is 0 Å². The fraction of sp³-hybridized carbons (Fsp3) is 0.571. The van der Waals surface area contributed by atoms with Crippen LogP contribution < -0.4 is 0 Å². The second kappa shape index (κ2) is 2.84. The van der Waals surface area contributed by atoms with Crippen molar-refractivity contribution in [3.05, 3.63) is 11.6 Å². The summed E-state index contributed by atoms with van der Waals surface area (Å²) in [6, 6.07) is 0. The number of carboxylic acids is 1. The number of hydrogen-bond acceptors (Lipinski definition) is 2. The van der Waals surface area contributed by atoms with Gasteiger partial charge in [-0.3, -0.25) is 0 Å². The third-order valence-corrected chi connectivity index (χ3v) is 1.47. The van der Waals surface area contributed by atoms with Gasteiger partial charge in [0.1, 0.15) is 0 Å². The Bertz CT molecular complexity index is 168. The molecule has 0 aliphatic carbocycles. The van der Waals surface area contributed by atoms with Gasteiger partial charge in [0.2, 0.25) is 0 Å². The Morgan fingerprint density at radius 1 is 1.90 bits per heavy atom. The number of allylic oxidation sites excluding steroid dienone is 1. The summed E-state index contributed by atoms with van der Waals surface area (Å²) < 4.78 is 4.89. The molecule has 3 nitrogen and oxygen atoms in total. The average Bonchev–Trinajstić information content (AvgIpc) is 2.64. The Morgan fingerprint density at radius 3 is 2.80 bits per heavy atom. The number of ether oxygens (including phenoxy) is 1. The van der Waals surface area contributed by atoms with Crippen LogP contribution in [0.25, 0.3) is 0 Å². The van der Waals surface area contributed by atoms with Crippen molar-refractivity contribution in [1.29, 1.82) is 0 Å². The number of carboxylic acid groups (broad SMARTS) is 1. The minimum absolute atomic E-state index is 0.169. The second-order valence-corrected chi connectivity index (χ2v) is 2.28. The van der Waals surface area contributed by atoms with E-state index in [1.54, 1.807) is 13.0 Å². The van der Waals surface area contributed by atoms with Gasteiger partial charge in [0.15, 0.2) is 0 Å². The minimum Gasteiger partial charge on any atom is -0.478 e. The molecule has 0 radical (unpaired) electrons. The zero-order valence-corrected chi connectivity index (χ0v) is 5.83. The quantitative estimate of drug-likeness (QED) is 0.468. The molecular weight excluding hydrogens is 132 g/mol. The highest BCUT2D eigenvalue weighted by Gasteiger charge is 2.25. The third-order valence-electron chi connectivity index (χ3n) is 1.47. The highest BCUT2D eigenvalue weighted by Crippen LogP contribution is 2.18. The molecule has 0 aromatic heterocycles. The summed E-state index contributed by atoms with van der Waals surface area (Å²) in [4.78, 5) is 10.4. The molecule has 0 amide bonds. The Hall–Kier alpha value is -0.830. The van der Waals surface area contributed by atoms with Crippen LogP contribution >= 0.6 is 0 Å². The van der Waals surface area contributed by atoms with Crippen LogP contribution in [0.1, 0.15) is 13.3 Å². The maximum absolute atomic E-state index is 10.4. The Balaban J connectivity index is 2.40. The molecule has 0 saturated carbocycles. The molecule has 1 atom stereocenters. The Morgan fingerprint density at radius 2 is 2.50 bits per heavy atom. The molecule has 1 aliphatic heterocycles. The van der Waals surface area contributed by atoms with Crippen molar-refractivity contribution in [1.82, 2.24) is 0 Å². The molecule has 56 valence electrons. The fourth-order valence-electron chi connectivity index (χ4n) is 0.760. The molecule has 3 heteroatoms. The number of hydrogen-bond donors (Lipinski definition) is 1. The molecule has 0 spiro atoms. The predicted octanol–water partition coefficient (Wildman–Crippen LogP) is 0.806. The maximum atomic E-state index is 10.4. The van der Waals surface area contributed by atoms with Gasteiger partial charge in [-0.05, 0) is 6.92 Å². The van der Waals surface area contributed by atoms with Crippen LogP contribution in [0.2, 0.25) is 0 Å². The van der Waals surface area contributed by atoms with E-state index < -0.39 is 5.97 Å². The molecule has 0 aromatic carbocycles. The first kappa shape index (κ1) is 7.28. The van der Waals surface area contributed by atoms with Crippen molar-refractivity contribution in [2.24, 2.45) is 0 Å². The topological polar surface area (TPSA) is 49.8 Å². The first-order valence-corrected chi connectivity index (χ1v) is 3.24. The van der Waals surface area contributed by atoms with Gasteiger partial charge < -0.3 is 9.84 Å². The third kappa shape index (κ3) is 1.84. The standard InChI is InChI=1S/C7H10O3/c1-2-5(7(8)9)3-6-4-10-6/h2,6H,3-4H2,1H3,(H,8,9)/b5-2+.